The molecule has 2 rings (SSSR count). The lowest BCUT2D eigenvalue weighted by atomic mass is 10.1. The van der Waals surface area contributed by atoms with Gasteiger partial charge in [0.15, 0.2) is 0 Å². The summed E-state index contributed by atoms with van der Waals surface area (Å²) >= 11 is 0. The first-order valence-electron chi connectivity index (χ1n) is 5.63. The smallest absolute Gasteiger partial charge is 0.255 e. The average molecular weight is 245 g/mol. The lowest BCUT2D eigenvalue weighted by Crippen LogP contribution is -2.14. The van der Waals surface area contributed by atoms with E-state index in [4.69, 9.17) is 0 Å². The van der Waals surface area contributed by atoms with Crippen LogP contribution in [-0.2, 0) is 5.92 Å². The maximum absolute atomic E-state index is 13.8. The molecule has 0 bridgehead atoms. The first-order chi connectivity index (χ1) is 8.58. The van der Waals surface area contributed by atoms with E-state index in [2.05, 4.69) is 4.99 Å². The van der Waals surface area contributed by atoms with Gasteiger partial charge in [-0.15, -0.1) is 0 Å². The number of alkyl halides is 2. The molecule has 0 aromatic heterocycles. The predicted molar refractivity (Wildman–Crippen MR) is 69.7 cm³/mol. The Labute approximate surface area is 105 Å². The van der Waals surface area contributed by atoms with Crippen molar-refractivity contribution in [2.24, 2.45) is 4.99 Å². The first kappa shape index (κ1) is 12.4. The van der Waals surface area contributed by atoms with Crippen LogP contribution in [0.1, 0.15) is 11.1 Å². The summed E-state index contributed by atoms with van der Waals surface area (Å²) in [5, 5.41) is 0. The van der Waals surface area contributed by atoms with Gasteiger partial charge in [-0.1, -0.05) is 48.0 Å². The summed E-state index contributed by atoms with van der Waals surface area (Å²) in [4.78, 5) is 3.82. The number of halogens is 2. The molecule has 0 N–H and O–H groups in total. The van der Waals surface area contributed by atoms with Gasteiger partial charge in [0.1, 0.15) is 0 Å². The van der Waals surface area contributed by atoms with Gasteiger partial charge < -0.3 is 0 Å². The summed E-state index contributed by atoms with van der Waals surface area (Å²) in [6.45, 7) is 1.94. The third kappa shape index (κ3) is 3.00. The van der Waals surface area contributed by atoms with Gasteiger partial charge in [0, 0.05) is 5.56 Å². The fourth-order valence-electron chi connectivity index (χ4n) is 1.52. The quantitative estimate of drug-likeness (QED) is 0.706. The van der Waals surface area contributed by atoms with Crippen LogP contribution < -0.4 is 0 Å². The van der Waals surface area contributed by atoms with Gasteiger partial charge >= 0.3 is 5.92 Å². The molecule has 0 amide bonds. The maximum Gasteiger partial charge on any atom is 0.308 e. The first-order valence-corrected chi connectivity index (χ1v) is 5.63. The molecule has 1 nitrogen and oxygen atoms in total. The third-order valence-electron chi connectivity index (χ3n) is 2.57. The van der Waals surface area contributed by atoms with Gasteiger partial charge in [0.2, 0.25) is 0 Å². The van der Waals surface area contributed by atoms with Crippen LogP contribution in [0.3, 0.4) is 0 Å². The summed E-state index contributed by atoms with van der Waals surface area (Å²) in [5.41, 5.74) is 1.54. The molecule has 0 radical (unpaired) electrons. The van der Waals surface area contributed by atoms with Gasteiger partial charge in [-0.2, -0.15) is 8.78 Å². The van der Waals surface area contributed by atoms with Crippen LogP contribution in [0.2, 0.25) is 0 Å². The minimum atomic E-state index is -3.05. The highest BCUT2D eigenvalue weighted by Gasteiger charge is 2.28. The molecule has 0 saturated heterocycles. The van der Waals surface area contributed by atoms with Crippen molar-refractivity contribution in [1.82, 2.24) is 0 Å². The molecule has 18 heavy (non-hydrogen) atoms. The monoisotopic (exact) mass is 245 g/mol. The summed E-state index contributed by atoms with van der Waals surface area (Å²) in [6.07, 6.45) is 0.688. The van der Waals surface area contributed by atoms with Crippen LogP contribution in [0.4, 0.5) is 14.5 Å². The summed E-state index contributed by atoms with van der Waals surface area (Å²) in [6, 6.07) is 14.8. The van der Waals surface area contributed by atoms with Crippen LogP contribution in [0.5, 0.6) is 0 Å². The molecule has 0 atom stereocenters. The largest absolute Gasteiger partial charge is 0.308 e. The van der Waals surface area contributed by atoms with E-state index in [-0.39, 0.29) is 5.56 Å². The van der Waals surface area contributed by atoms with Crippen LogP contribution in [-0.4, -0.2) is 6.21 Å². The van der Waals surface area contributed by atoms with Crippen molar-refractivity contribution < 1.29 is 8.78 Å². The summed E-state index contributed by atoms with van der Waals surface area (Å²) in [7, 11) is 0. The van der Waals surface area contributed by atoms with E-state index in [0.29, 0.717) is 11.9 Å². The SMILES string of the molecule is Cc1ccc(N=CC(F)(F)c2ccccc2)cc1. The summed E-state index contributed by atoms with van der Waals surface area (Å²) in [5.74, 6) is -3.05. The minimum Gasteiger partial charge on any atom is -0.255 e. The topological polar surface area (TPSA) is 12.4 Å². The Morgan fingerprint density at radius 3 is 2.17 bits per heavy atom. The number of aliphatic imine (C=N–C) groups is 1. The van der Waals surface area contributed by atoms with E-state index < -0.39 is 5.92 Å². The zero-order valence-electron chi connectivity index (χ0n) is 9.98. The number of benzene rings is 2. The summed E-state index contributed by atoms with van der Waals surface area (Å²) < 4.78 is 27.5. The molecule has 0 heterocycles. The molecule has 0 aliphatic rings. The number of aryl methyl sites for hydroxylation is 1. The normalized spacial score (nSPS) is 11.9. The van der Waals surface area contributed by atoms with Gasteiger partial charge in [-0.05, 0) is 19.1 Å². The standard InChI is InChI=1S/C15H13F2N/c1-12-7-9-14(10-8-12)18-11-15(16,17)13-5-3-2-4-6-13/h2-11H,1H3. The number of hydrogen-bond acceptors (Lipinski definition) is 1. The zero-order valence-corrected chi connectivity index (χ0v) is 9.98. The van der Waals surface area contributed by atoms with E-state index in [1.807, 2.05) is 19.1 Å². The molecule has 0 saturated carbocycles. The van der Waals surface area contributed by atoms with Crippen molar-refractivity contribution in [1.29, 1.82) is 0 Å². The maximum atomic E-state index is 13.8. The molecule has 3 heteroatoms. The molecular formula is C15H13F2N. The Bertz CT molecular complexity index is 530. The second kappa shape index (κ2) is 5.08. The molecule has 0 aliphatic heterocycles. The van der Waals surface area contributed by atoms with Crippen LogP contribution in [0.15, 0.2) is 59.6 Å². The molecular weight excluding hydrogens is 232 g/mol. The molecule has 0 aliphatic carbocycles. The van der Waals surface area contributed by atoms with E-state index >= 15 is 0 Å². The Morgan fingerprint density at radius 1 is 0.944 bits per heavy atom. The number of hydrogen-bond donors (Lipinski definition) is 0. The second-order valence-electron chi connectivity index (χ2n) is 4.08. The number of nitrogens with zero attached hydrogens (tertiary/aromatic N) is 1. The molecule has 2 aromatic rings. The second-order valence-corrected chi connectivity index (χ2v) is 4.08. The van der Waals surface area contributed by atoms with E-state index in [1.165, 1.54) is 12.1 Å². The van der Waals surface area contributed by atoms with Crippen LogP contribution in [0.25, 0.3) is 0 Å². The Hall–Kier alpha value is -2.03. The lowest BCUT2D eigenvalue weighted by Gasteiger charge is -2.10. The fraction of sp³-hybridized carbons (Fsp3) is 0.133. The Kier molecular flexibility index (Phi) is 3.51. The Balaban J connectivity index is 2.20. The predicted octanol–water partition coefficient (Wildman–Crippen LogP) is 4.49. The van der Waals surface area contributed by atoms with Crippen molar-refractivity contribution in [3.63, 3.8) is 0 Å². The number of rotatable bonds is 3. The van der Waals surface area contributed by atoms with Gasteiger partial charge in [0.05, 0.1) is 11.9 Å². The lowest BCUT2D eigenvalue weighted by molar-refractivity contribution is 0.0821. The highest BCUT2D eigenvalue weighted by molar-refractivity contribution is 5.72. The van der Waals surface area contributed by atoms with Crippen molar-refractivity contribution >= 4 is 11.9 Å². The molecule has 2 aromatic carbocycles. The van der Waals surface area contributed by atoms with Gasteiger partial charge in [-0.3, -0.25) is 4.99 Å². The van der Waals surface area contributed by atoms with Crippen molar-refractivity contribution in [2.75, 3.05) is 0 Å². The minimum absolute atomic E-state index is 0.0548. The highest BCUT2D eigenvalue weighted by Crippen LogP contribution is 2.26. The van der Waals surface area contributed by atoms with Crippen LogP contribution in [0, 0.1) is 6.92 Å². The van der Waals surface area contributed by atoms with Gasteiger partial charge in [0.25, 0.3) is 0 Å². The fourth-order valence-corrected chi connectivity index (χ4v) is 1.52. The van der Waals surface area contributed by atoms with E-state index in [0.717, 1.165) is 5.56 Å². The van der Waals surface area contributed by atoms with Crippen molar-refractivity contribution in [3.05, 3.63) is 65.7 Å². The zero-order chi connectivity index (χ0) is 13.0. The Morgan fingerprint density at radius 2 is 1.56 bits per heavy atom. The van der Waals surface area contributed by atoms with Crippen molar-refractivity contribution in [2.45, 2.75) is 12.8 Å². The van der Waals surface area contributed by atoms with Gasteiger partial charge in [-0.25, -0.2) is 0 Å². The highest BCUT2D eigenvalue weighted by atomic mass is 19.3. The van der Waals surface area contributed by atoms with Crippen molar-refractivity contribution in [3.8, 4) is 0 Å². The molecule has 92 valence electrons. The van der Waals surface area contributed by atoms with E-state index in [9.17, 15) is 8.78 Å². The van der Waals surface area contributed by atoms with E-state index in [1.54, 1.807) is 30.3 Å². The molecule has 0 unspecified atom stereocenters. The third-order valence-corrected chi connectivity index (χ3v) is 2.57. The molecule has 0 spiro atoms. The van der Waals surface area contributed by atoms with Crippen LogP contribution >= 0.6 is 0 Å². The average Bonchev–Trinajstić information content (AvgIpc) is 2.39. The molecule has 0 fully saturated rings.